The van der Waals surface area contributed by atoms with Crippen molar-refractivity contribution in [2.75, 3.05) is 0 Å². The summed E-state index contributed by atoms with van der Waals surface area (Å²) in [6.45, 7) is 2.43. The van der Waals surface area contributed by atoms with Crippen LogP contribution in [0.1, 0.15) is 26.4 Å². The van der Waals surface area contributed by atoms with Crippen LogP contribution in [0.3, 0.4) is 0 Å². The van der Waals surface area contributed by atoms with Crippen LogP contribution in [0, 0.1) is 6.92 Å². The van der Waals surface area contributed by atoms with Gasteiger partial charge < -0.3 is 4.57 Å². The van der Waals surface area contributed by atoms with Crippen molar-refractivity contribution in [3.63, 3.8) is 0 Å². The number of thiophene rings is 1. The number of carbonyl (C=O) groups is 1. The summed E-state index contributed by atoms with van der Waals surface area (Å²) in [5.41, 5.74) is 4.29. The average Bonchev–Trinajstić information content (AvgIpc) is 3.12. The Balaban J connectivity index is 1.74. The predicted octanol–water partition coefficient (Wildman–Crippen LogP) is 3.03. The monoisotopic (exact) mass is 351 g/mol. The van der Waals surface area contributed by atoms with Crippen molar-refractivity contribution in [2.24, 2.45) is 5.10 Å². The summed E-state index contributed by atoms with van der Waals surface area (Å²) >= 11 is 1.51. The van der Waals surface area contributed by atoms with Gasteiger partial charge in [-0.1, -0.05) is 35.9 Å². The summed E-state index contributed by atoms with van der Waals surface area (Å²) in [7, 11) is 0. The number of benzene rings is 1. The van der Waals surface area contributed by atoms with E-state index in [9.17, 15) is 9.59 Å². The van der Waals surface area contributed by atoms with Crippen LogP contribution in [0.2, 0.25) is 0 Å². The Morgan fingerprint density at radius 1 is 1.20 bits per heavy atom. The minimum Gasteiger partial charge on any atom is -0.310 e. The van der Waals surface area contributed by atoms with E-state index in [-0.39, 0.29) is 11.1 Å². The van der Waals surface area contributed by atoms with Gasteiger partial charge in [-0.25, -0.2) is 5.43 Å². The molecule has 0 aliphatic rings. The molecule has 1 amide bonds. The first-order chi connectivity index (χ1) is 12.1. The zero-order valence-electron chi connectivity index (χ0n) is 13.7. The number of carbonyl (C=O) groups excluding carboxylic acids is 1. The van der Waals surface area contributed by atoms with Gasteiger partial charge in [-0.15, -0.1) is 11.3 Å². The van der Waals surface area contributed by atoms with Gasteiger partial charge in [0.25, 0.3) is 11.5 Å². The van der Waals surface area contributed by atoms with E-state index in [1.54, 1.807) is 18.5 Å². The molecule has 0 atom stereocenters. The number of amides is 1. The van der Waals surface area contributed by atoms with Crippen LogP contribution in [0.15, 0.2) is 70.0 Å². The summed E-state index contributed by atoms with van der Waals surface area (Å²) < 4.78 is 1.52. The smallest absolute Gasteiger partial charge is 0.276 e. The van der Waals surface area contributed by atoms with E-state index in [1.807, 2.05) is 48.7 Å². The number of nitrogens with zero attached hydrogens (tertiary/aromatic N) is 2. The molecule has 25 heavy (non-hydrogen) atoms. The van der Waals surface area contributed by atoms with Gasteiger partial charge >= 0.3 is 0 Å². The molecule has 0 aliphatic carbocycles. The third-order valence-electron chi connectivity index (χ3n) is 3.64. The molecular formula is C19H17N3O2S. The number of nitrogens with one attached hydrogen (secondary N) is 1. The van der Waals surface area contributed by atoms with Crippen molar-refractivity contribution in [3.8, 4) is 0 Å². The van der Waals surface area contributed by atoms with Crippen molar-refractivity contribution >= 4 is 23.5 Å². The van der Waals surface area contributed by atoms with Crippen LogP contribution >= 0.6 is 11.3 Å². The number of hydrazone groups is 1. The SMILES string of the molecule is Cc1ccc(Cn2cccc(C(=O)N/N=C\c3cccs3)c2=O)cc1. The van der Waals surface area contributed by atoms with Gasteiger partial charge in [-0.2, -0.15) is 5.10 Å². The van der Waals surface area contributed by atoms with Gasteiger partial charge in [-0.05, 0) is 36.1 Å². The Hall–Kier alpha value is -2.99. The highest BCUT2D eigenvalue weighted by Crippen LogP contribution is 2.05. The number of hydrogen-bond acceptors (Lipinski definition) is 4. The highest BCUT2D eigenvalue weighted by atomic mass is 32.1. The molecule has 0 unspecified atom stereocenters. The molecule has 2 heterocycles. The average molecular weight is 351 g/mol. The Labute approximate surface area is 149 Å². The van der Waals surface area contributed by atoms with Crippen LogP contribution in [0.25, 0.3) is 0 Å². The van der Waals surface area contributed by atoms with E-state index in [0.717, 1.165) is 16.0 Å². The standard InChI is InChI=1S/C19H17N3O2S/c1-14-6-8-15(9-7-14)13-22-10-2-5-17(19(22)24)18(23)21-20-12-16-4-3-11-25-16/h2-12H,13H2,1H3,(H,21,23)/b20-12-. The van der Waals surface area contributed by atoms with Crippen LogP contribution < -0.4 is 11.0 Å². The number of aromatic nitrogens is 1. The minimum atomic E-state index is -0.518. The second kappa shape index (κ2) is 7.72. The van der Waals surface area contributed by atoms with Crippen molar-refractivity contribution in [1.82, 2.24) is 9.99 Å². The third-order valence-corrected chi connectivity index (χ3v) is 4.45. The summed E-state index contributed by atoms with van der Waals surface area (Å²) in [5.74, 6) is -0.518. The van der Waals surface area contributed by atoms with Crippen molar-refractivity contribution in [1.29, 1.82) is 0 Å². The van der Waals surface area contributed by atoms with Crippen molar-refractivity contribution < 1.29 is 4.79 Å². The van der Waals surface area contributed by atoms with E-state index >= 15 is 0 Å². The minimum absolute atomic E-state index is 0.0675. The molecule has 0 saturated carbocycles. The first-order valence-corrected chi connectivity index (χ1v) is 8.63. The molecule has 1 N–H and O–H groups in total. The second-order valence-electron chi connectivity index (χ2n) is 5.56. The summed E-state index contributed by atoms with van der Waals surface area (Å²) in [6.07, 6.45) is 3.23. The fourth-order valence-corrected chi connectivity index (χ4v) is 2.89. The molecule has 126 valence electrons. The number of rotatable bonds is 5. The van der Waals surface area contributed by atoms with E-state index in [1.165, 1.54) is 22.0 Å². The topological polar surface area (TPSA) is 63.5 Å². The number of hydrogen-bond donors (Lipinski definition) is 1. The van der Waals surface area contributed by atoms with E-state index in [2.05, 4.69) is 10.5 Å². The molecular weight excluding hydrogens is 334 g/mol. The maximum Gasteiger partial charge on any atom is 0.276 e. The largest absolute Gasteiger partial charge is 0.310 e. The van der Waals surface area contributed by atoms with Crippen LogP contribution in [-0.4, -0.2) is 16.7 Å². The fraction of sp³-hybridized carbons (Fsp3) is 0.105. The quantitative estimate of drug-likeness (QED) is 0.567. The highest BCUT2D eigenvalue weighted by Gasteiger charge is 2.11. The maximum atomic E-state index is 12.5. The first-order valence-electron chi connectivity index (χ1n) is 7.75. The molecule has 1 aromatic carbocycles. The molecule has 0 radical (unpaired) electrons. The van der Waals surface area contributed by atoms with Gasteiger partial charge in [0.15, 0.2) is 0 Å². The Morgan fingerprint density at radius 2 is 2.00 bits per heavy atom. The molecule has 2 aromatic heterocycles. The summed E-state index contributed by atoms with van der Waals surface area (Å²) in [5, 5.41) is 5.81. The van der Waals surface area contributed by atoms with Crippen molar-refractivity contribution in [2.45, 2.75) is 13.5 Å². The predicted molar refractivity (Wildman–Crippen MR) is 100 cm³/mol. The zero-order chi connectivity index (χ0) is 17.6. The van der Waals surface area contributed by atoms with E-state index in [4.69, 9.17) is 0 Å². The van der Waals surface area contributed by atoms with Gasteiger partial charge in [0.1, 0.15) is 5.56 Å². The molecule has 0 spiro atoms. The number of aryl methyl sites for hydroxylation is 1. The Bertz CT molecular complexity index is 942. The fourth-order valence-electron chi connectivity index (χ4n) is 2.30. The molecule has 0 saturated heterocycles. The van der Waals surface area contributed by atoms with E-state index in [0.29, 0.717) is 6.54 Å². The van der Waals surface area contributed by atoms with Crippen LogP contribution in [-0.2, 0) is 6.54 Å². The molecule has 6 heteroatoms. The van der Waals surface area contributed by atoms with Crippen LogP contribution in [0.4, 0.5) is 0 Å². The molecule has 0 aliphatic heterocycles. The summed E-state index contributed by atoms with van der Waals surface area (Å²) in [4.78, 5) is 25.7. The zero-order valence-corrected chi connectivity index (χ0v) is 14.5. The highest BCUT2D eigenvalue weighted by molar-refractivity contribution is 7.11. The Morgan fingerprint density at radius 3 is 2.72 bits per heavy atom. The lowest BCUT2D eigenvalue weighted by atomic mass is 10.1. The maximum absolute atomic E-state index is 12.5. The molecule has 0 fully saturated rings. The van der Waals surface area contributed by atoms with Gasteiger partial charge in [0, 0.05) is 11.1 Å². The third kappa shape index (κ3) is 4.30. The van der Waals surface area contributed by atoms with Crippen molar-refractivity contribution in [3.05, 3.63) is 92.0 Å². The second-order valence-corrected chi connectivity index (χ2v) is 6.53. The lowest BCUT2D eigenvalue weighted by molar-refractivity contribution is 0.0953. The lowest BCUT2D eigenvalue weighted by Crippen LogP contribution is -2.30. The van der Waals surface area contributed by atoms with E-state index < -0.39 is 5.91 Å². The molecule has 3 rings (SSSR count). The summed E-state index contributed by atoms with van der Waals surface area (Å²) in [6, 6.07) is 14.9. The number of pyridine rings is 1. The van der Waals surface area contributed by atoms with Gasteiger partial charge in [-0.3, -0.25) is 9.59 Å². The van der Waals surface area contributed by atoms with Crippen LogP contribution in [0.5, 0.6) is 0 Å². The Kier molecular flexibility index (Phi) is 5.20. The molecule has 5 nitrogen and oxygen atoms in total. The normalized spacial score (nSPS) is 10.9. The first kappa shape index (κ1) is 16.9. The molecule has 3 aromatic rings. The lowest BCUT2D eigenvalue weighted by Gasteiger charge is -2.08. The van der Waals surface area contributed by atoms with Gasteiger partial charge in [0.2, 0.25) is 0 Å². The van der Waals surface area contributed by atoms with Gasteiger partial charge in [0.05, 0.1) is 12.8 Å². The molecule has 0 bridgehead atoms.